The molecule has 0 spiro atoms. The first-order chi connectivity index (χ1) is 11.0. The lowest BCUT2D eigenvalue weighted by Crippen LogP contribution is -2.42. The van der Waals surface area contributed by atoms with Crippen LogP contribution in [0.5, 0.6) is 0 Å². The molecule has 1 aromatic carbocycles. The zero-order chi connectivity index (χ0) is 16.8. The molecule has 1 atom stereocenters. The average Bonchev–Trinajstić information content (AvgIpc) is 2.56. The molecule has 23 heavy (non-hydrogen) atoms. The molecule has 0 heterocycles. The van der Waals surface area contributed by atoms with Gasteiger partial charge in [-0.2, -0.15) is 0 Å². The van der Waals surface area contributed by atoms with Crippen molar-refractivity contribution in [2.75, 3.05) is 6.54 Å². The smallest absolute Gasteiger partial charge is 0.309 e. The molecule has 4 nitrogen and oxygen atoms in total. The van der Waals surface area contributed by atoms with Crippen molar-refractivity contribution in [2.45, 2.75) is 58.9 Å². The van der Waals surface area contributed by atoms with Crippen LogP contribution < -0.4 is 10.6 Å². The summed E-state index contributed by atoms with van der Waals surface area (Å²) in [5, 5.41) is 5.52. The van der Waals surface area contributed by atoms with E-state index in [4.69, 9.17) is 0 Å². The molecule has 1 aliphatic carbocycles. The first-order valence-corrected chi connectivity index (χ1v) is 8.71. The van der Waals surface area contributed by atoms with Gasteiger partial charge in [0.2, 0.25) is 0 Å². The molecule has 126 valence electrons. The molecule has 1 aromatic rings. The second-order valence-corrected chi connectivity index (χ2v) is 6.77. The van der Waals surface area contributed by atoms with E-state index in [-0.39, 0.29) is 6.04 Å². The van der Waals surface area contributed by atoms with E-state index in [0.29, 0.717) is 12.5 Å². The van der Waals surface area contributed by atoms with Gasteiger partial charge in [0, 0.05) is 6.54 Å². The van der Waals surface area contributed by atoms with Crippen LogP contribution in [0.2, 0.25) is 0 Å². The zero-order valence-electron chi connectivity index (χ0n) is 14.4. The van der Waals surface area contributed by atoms with Gasteiger partial charge in [0.1, 0.15) is 0 Å². The standard InChI is InChI=1S/C19H28N2O2/c1-4-17(21-19(23)18(22)20-12-13(2)3)16-10-9-14-7-5-6-8-15(14)11-16/h9-11,13,17H,4-8,12H2,1-3H3,(H,20,22)(H,21,23). The lowest BCUT2D eigenvalue weighted by Gasteiger charge is -2.21. The van der Waals surface area contributed by atoms with Crippen LogP contribution in [0, 0.1) is 5.92 Å². The largest absolute Gasteiger partial charge is 0.348 e. The highest BCUT2D eigenvalue weighted by atomic mass is 16.2. The van der Waals surface area contributed by atoms with Gasteiger partial charge in [0.25, 0.3) is 0 Å². The van der Waals surface area contributed by atoms with Crippen LogP contribution in [0.15, 0.2) is 18.2 Å². The number of amides is 2. The van der Waals surface area contributed by atoms with Crippen molar-refractivity contribution >= 4 is 11.8 Å². The fourth-order valence-corrected chi connectivity index (χ4v) is 2.99. The summed E-state index contributed by atoms with van der Waals surface area (Å²) in [5.74, 6) is -0.764. The molecule has 2 rings (SSSR count). The monoisotopic (exact) mass is 316 g/mol. The summed E-state index contributed by atoms with van der Waals surface area (Å²) < 4.78 is 0. The second kappa shape index (κ2) is 8.14. The van der Waals surface area contributed by atoms with Gasteiger partial charge in [0.15, 0.2) is 0 Å². The van der Waals surface area contributed by atoms with Gasteiger partial charge in [-0.25, -0.2) is 0 Å². The Labute approximate surface area is 139 Å². The van der Waals surface area contributed by atoms with Crippen molar-refractivity contribution in [2.24, 2.45) is 5.92 Å². The third-order valence-corrected chi connectivity index (χ3v) is 4.37. The van der Waals surface area contributed by atoms with Crippen LogP contribution in [0.1, 0.15) is 62.8 Å². The van der Waals surface area contributed by atoms with Gasteiger partial charge in [0.05, 0.1) is 6.04 Å². The Bertz CT molecular complexity index is 566. The molecule has 0 bridgehead atoms. The van der Waals surface area contributed by atoms with E-state index in [1.807, 2.05) is 20.8 Å². The average molecular weight is 316 g/mol. The number of carbonyl (C=O) groups is 2. The van der Waals surface area contributed by atoms with Crippen molar-refractivity contribution in [3.63, 3.8) is 0 Å². The number of hydrogen-bond acceptors (Lipinski definition) is 2. The normalized spacial score (nSPS) is 15.0. The molecular formula is C19H28N2O2. The maximum Gasteiger partial charge on any atom is 0.309 e. The Kier molecular flexibility index (Phi) is 6.20. The van der Waals surface area contributed by atoms with E-state index in [9.17, 15) is 9.59 Å². The highest BCUT2D eigenvalue weighted by molar-refractivity contribution is 6.35. The molecule has 0 saturated carbocycles. The van der Waals surface area contributed by atoms with E-state index in [0.717, 1.165) is 24.8 Å². The lowest BCUT2D eigenvalue weighted by atomic mass is 9.89. The molecule has 0 fully saturated rings. The Morgan fingerprint density at radius 1 is 1.09 bits per heavy atom. The lowest BCUT2D eigenvalue weighted by molar-refractivity contribution is -0.139. The predicted molar refractivity (Wildman–Crippen MR) is 92.1 cm³/mol. The molecule has 0 aromatic heterocycles. The highest BCUT2D eigenvalue weighted by Gasteiger charge is 2.20. The van der Waals surface area contributed by atoms with Gasteiger partial charge < -0.3 is 10.6 Å². The van der Waals surface area contributed by atoms with Crippen LogP contribution in [-0.4, -0.2) is 18.4 Å². The first-order valence-electron chi connectivity index (χ1n) is 8.71. The maximum absolute atomic E-state index is 12.1. The van der Waals surface area contributed by atoms with Gasteiger partial charge in [-0.1, -0.05) is 39.0 Å². The van der Waals surface area contributed by atoms with Crippen molar-refractivity contribution < 1.29 is 9.59 Å². The van der Waals surface area contributed by atoms with E-state index in [2.05, 4.69) is 28.8 Å². The van der Waals surface area contributed by atoms with Crippen molar-refractivity contribution in [1.82, 2.24) is 10.6 Å². The summed E-state index contributed by atoms with van der Waals surface area (Å²) in [6.07, 6.45) is 5.52. The van der Waals surface area contributed by atoms with Crippen LogP contribution in [0.3, 0.4) is 0 Å². The van der Waals surface area contributed by atoms with Crippen molar-refractivity contribution in [3.05, 3.63) is 34.9 Å². The van der Waals surface area contributed by atoms with Crippen LogP contribution in [0.25, 0.3) is 0 Å². The Morgan fingerprint density at radius 2 is 1.78 bits per heavy atom. The zero-order valence-corrected chi connectivity index (χ0v) is 14.4. The van der Waals surface area contributed by atoms with Crippen LogP contribution in [-0.2, 0) is 22.4 Å². The van der Waals surface area contributed by atoms with E-state index in [1.54, 1.807) is 0 Å². The number of fused-ring (bicyclic) bond motifs is 1. The number of hydrogen-bond donors (Lipinski definition) is 2. The van der Waals surface area contributed by atoms with E-state index >= 15 is 0 Å². The quantitative estimate of drug-likeness (QED) is 0.821. The van der Waals surface area contributed by atoms with E-state index in [1.165, 1.54) is 24.0 Å². The molecule has 1 unspecified atom stereocenters. The highest BCUT2D eigenvalue weighted by Crippen LogP contribution is 2.26. The van der Waals surface area contributed by atoms with Gasteiger partial charge >= 0.3 is 11.8 Å². The van der Waals surface area contributed by atoms with E-state index < -0.39 is 11.8 Å². The molecule has 2 amide bonds. The van der Waals surface area contributed by atoms with Gasteiger partial charge in [-0.05, 0) is 54.7 Å². The number of aryl methyl sites for hydroxylation is 2. The van der Waals surface area contributed by atoms with Crippen LogP contribution in [0.4, 0.5) is 0 Å². The summed E-state index contributed by atoms with van der Waals surface area (Å²) in [5.41, 5.74) is 3.92. The predicted octanol–water partition coefficient (Wildman–Crippen LogP) is 2.90. The Morgan fingerprint density at radius 3 is 2.43 bits per heavy atom. The molecule has 0 radical (unpaired) electrons. The van der Waals surface area contributed by atoms with Crippen molar-refractivity contribution in [1.29, 1.82) is 0 Å². The third kappa shape index (κ3) is 4.81. The Balaban J connectivity index is 2.02. The number of rotatable bonds is 5. The summed E-state index contributed by atoms with van der Waals surface area (Å²) in [6, 6.07) is 6.36. The van der Waals surface area contributed by atoms with Crippen LogP contribution >= 0.6 is 0 Å². The SMILES string of the molecule is CCC(NC(=O)C(=O)NCC(C)C)c1ccc2c(c1)CCCC2. The maximum atomic E-state index is 12.1. The fourth-order valence-electron chi connectivity index (χ4n) is 2.99. The number of benzene rings is 1. The third-order valence-electron chi connectivity index (χ3n) is 4.37. The van der Waals surface area contributed by atoms with Gasteiger partial charge in [-0.3, -0.25) is 9.59 Å². The fraction of sp³-hybridized carbons (Fsp3) is 0.579. The summed E-state index contributed by atoms with van der Waals surface area (Å²) in [4.78, 5) is 23.9. The summed E-state index contributed by atoms with van der Waals surface area (Å²) in [7, 11) is 0. The number of nitrogens with one attached hydrogen (secondary N) is 2. The summed E-state index contributed by atoms with van der Waals surface area (Å²) >= 11 is 0. The van der Waals surface area contributed by atoms with Gasteiger partial charge in [-0.15, -0.1) is 0 Å². The molecular weight excluding hydrogens is 288 g/mol. The number of carbonyl (C=O) groups excluding carboxylic acids is 2. The molecule has 2 N–H and O–H groups in total. The molecule has 0 aliphatic heterocycles. The minimum Gasteiger partial charge on any atom is -0.348 e. The second-order valence-electron chi connectivity index (χ2n) is 6.77. The minimum atomic E-state index is -0.546. The molecule has 0 saturated heterocycles. The Hall–Kier alpha value is -1.84. The van der Waals surface area contributed by atoms with Crippen molar-refractivity contribution in [3.8, 4) is 0 Å². The summed E-state index contributed by atoms with van der Waals surface area (Å²) in [6.45, 7) is 6.54. The first kappa shape index (κ1) is 17.5. The topological polar surface area (TPSA) is 58.2 Å². The molecule has 1 aliphatic rings. The minimum absolute atomic E-state index is 0.112. The molecule has 4 heteroatoms.